The Morgan fingerprint density at radius 2 is 0.806 bits per heavy atom. The molecule has 0 aromatic heterocycles. The normalized spacial score (nSPS) is 16.7. The molecule has 0 heterocycles. The summed E-state index contributed by atoms with van der Waals surface area (Å²) in [6, 6.07) is 0. The van der Waals surface area contributed by atoms with E-state index in [2.05, 4.69) is 48.5 Å². The molecule has 0 aromatic carbocycles. The van der Waals surface area contributed by atoms with Crippen LogP contribution in [0.25, 0.3) is 0 Å². The van der Waals surface area contributed by atoms with Crippen LogP contribution >= 0.6 is 0 Å². The number of hydrogen-bond donors (Lipinski definition) is 0. The summed E-state index contributed by atoms with van der Waals surface area (Å²) in [5, 5.41) is 0. The molecule has 0 aliphatic rings. The van der Waals surface area contributed by atoms with Gasteiger partial charge in [-0.25, -0.2) is 0 Å². The summed E-state index contributed by atoms with van der Waals surface area (Å²) in [6.45, 7) is 18.1. The highest BCUT2D eigenvalue weighted by Crippen LogP contribution is 2.29. The van der Waals surface area contributed by atoms with Gasteiger partial charge in [0.1, 0.15) is 0 Å². The molecule has 0 saturated carbocycles. The zero-order valence-corrected chi connectivity index (χ0v) is 22.5. The van der Waals surface area contributed by atoms with Crippen molar-refractivity contribution in [2.24, 2.45) is 17.8 Å². The fourth-order valence-corrected chi connectivity index (χ4v) is 4.08. The topological polar surface area (TPSA) is 27.7 Å². The Kier molecular flexibility index (Phi) is 20.4. The Bertz CT molecular complexity index is 321. The van der Waals surface area contributed by atoms with Crippen LogP contribution in [-0.4, -0.2) is 25.8 Å². The van der Waals surface area contributed by atoms with Crippen molar-refractivity contribution in [2.45, 2.75) is 144 Å². The summed E-state index contributed by atoms with van der Waals surface area (Å²) >= 11 is 0. The van der Waals surface area contributed by atoms with Gasteiger partial charge in [-0.3, -0.25) is 0 Å². The molecule has 0 N–H and O–H groups in total. The van der Waals surface area contributed by atoms with Gasteiger partial charge in [-0.05, 0) is 43.4 Å². The summed E-state index contributed by atoms with van der Waals surface area (Å²) in [4.78, 5) is 0. The Balaban J connectivity index is 5.26. The summed E-state index contributed by atoms with van der Waals surface area (Å²) in [7, 11) is 0. The van der Waals surface area contributed by atoms with Gasteiger partial charge in [0.15, 0.2) is 0 Å². The van der Waals surface area contributed by atoms with Crippen LogP contribution in [0, 0.1) is 17.8 Å². The lowest BCUT2D eigenvalue weighted by Crippen LogP contribution is -2.43. The Morgan fingerprint density at radius 3 is 1.03 bits per heavy atom. The minimum Gasteiger partial charge on any atom is -0.327 e. The first-order valence-electron chi connectivity index (χ1n) is 14.0. The number of unbranched alkanes of at least 4 members (excludes halogenated alkanes) is 3. The Morgan fingerprint density at radius 1 is 0.484 bits per heavy atom. The molecule has 0 rings (SSSR count). The molecule has 188 valence electrons. The highest BCUT2D eigenvalue weighted by Gasteiger charge is 2.35. The average molecular weight is 443 g/mol. The van der Waals surface area contributed by atoms with E-state index in [1.165, 1.54) is 57.8 Å². The van der Waals surface area contributed by atoms with Gasteiger partial charge in [0.25, 0.3) is 5.97 Å². The van der Waals surface area contributed by atoms with Crippen molar-refractivity contribution in [3.05, 3.63) is 0 Å². The van der Waals surface area contributed by atoms with Crippen LogP contribution in [-0.2, 0) is 14.2 Å². The van der Waals surface area contributed by atoms with Gasteiger partial charge in [0, 0.05) is 6.42 Å². The van der Waals surface area contributed by atoms with E-state index in [1.54, 1.807) is 0 Å². The van der Waals surface area contributed by atoms with Crippen LogP contribution in [0.2, 0.25) is 0 Å². The highest BCUT2D eigenvalue weighted by molar-refractivity contribution is 4.67. The van der Waals surface area contributed by atoms with E-state index in [0.717, 1.165) is 51.9 Å². The zero-order valence-electron chi connectivity index (χ0n) is 22.5. The first-order chi connectivity index (χ1) is 15.0. The lowest BCUT2D eigenvalue weighted by atomic mass is 10.00. The van der Waals surface area contributed by atoms with Gasteiger partial charge < -0.3 is 14.2 Å². The van der Waals surface area contributed by atoms with E-state index in [-0.39, 0.29) is 0 Å². The molecule has 3 heteroatoms. The first-order valence-corrected chi connectivity index (χ1v) is 14.0. The van der Waals surface area contributed by atoms with Gasteiger partial charge in [-0.1, -0.05) is 106 Å². The maximum Gasteiger partial charge on any atom is 0.282 e. The Labute approximate surface area is 196 Å². The molecule has 0 bridgehead atoms. The fourth-order valence-electron chi connectivity index (χ4n) is 4.08. The maximum atomic E-state index is 6.57. The van der Waals surface area contributed by atoms with Gasteiger partial charge in [0.05, 0.1) is 19.8 Å². The predicted octanol–water partition coefficient (Wildman–Crippen LogP) is 9.14. The third-order valence-corrected chi connectivity index (χ3v) is 6.80. The van der Waals surface area contributed by atoms with Crippen LogP contribution in [0.1, 0.15) is 138 Å². The maximum absolute atomic E-state index is 6.57. The quantitative estimate of drug-likeness (QED) is 0.148. The molecule has 31 heavy (non-hydrogen) atoms. The van der Waals surface area contributed by atoms with E-state index in [0.29, 0.717) is 17.8 Å². The molecule has 3 unspecified atom stereocenters. The molecule has 0 fully saturated rings. The van der Waals surface area contributed by atoms with Gasteiger partial charge in [-0.2, -0.15) is 0 Å². The van der Waals surface area contributed by atoms with Crippen molar-refractivity contribution in [2.75, 3.05) is 19.8 Å². The second-order valence-corrected chi connectivity index (χ2v) is 9.62. The van der Waals surface area contributed by atoms with E-state index in [1.807, 2.05) is 0 Å². The summed E-state index contributed by atoms with van der Waals surface area (Å²) in [5.74, 6) is 0.903. The second kappa shape index (κ2) is 20.5. The largest absolute Gasteiger partial charge is 0.327 e. The van der Waals surface area contributed by atoms with Crippen molar-refractivity contribution in [3.63, 3.8) is 0 Å². The van der Waals surface area contributed by atoms with Crippen molar-refractivity contribution < 1.29 is 14.2 Å². The SMILES string of the molecule is CCCCC(CC)COC(CCC)(OCC(CC)CCCC)OCC(CC)CCCC. The van der Waals surface area contributed by atoms with Crippen LogP contribution in [0.5, 0.6) is 0 Å². The lowest BCUT2D eigenvalue weighted by molar-refractivity contribution is -0.391. The minimum absolute atomic E-state index is 0.590. The summed E-state index contributed by atoms with van der Waals surface area (Å²) in [5.41, 5.74) is 0. The van der Waals surface area contributed by atoms with Crippen molar-refractivity contribution >= 4 is 0 Å². The highest BCUT2D eigenvalue weighted by atomic mass is 16.9. The third kappa shape index (κ3) is 14.6. The van der Waals surface area contributed by atoms with Gasteiger partial charge >= 0.3 is 0 Å². The second-order valence-electron chi connectivity index (χ2n) is 9.62. The molecule has 3 atom stereocenters. The van der Waals surface area contributed by atoms with Gasteiger partial charge in [0.2, 0.25) is 0 Å². The van der Waals surface area contributed by atoms with Crippen LogP contribution < -0.4 is 0 Å². The van der Waals surface area contributed by atoms with Crippen molar-refractivity contribution in [1.82, 2.24) is 0 Å². The lowest BCUT2D eigenvalue weighted by Gasteiger charge is -2.36. The smallest absolute Gasteiger partial charge is 0.282 e. The molecule has 0 amide bonds. The van der Waals surface area contributed by atoms with Crippen molar-refractivity contribution in [1.29, 1.82) is 0 Å². The van der Waals surface area contributed by atoms with Crippen LogP contribution in [0.3, 0.4) is 0 Å². The van der Waals surface area contributed by atoms with Gasteiger partial charge in [-0.15, -0.1) is 0 Å². The first kappa shape index (κ1) is 30.9. The molecular weight excluding hydrogens is 384 g/mol. The van der Waals surface area contributed by atoms with E-state index in [4.69, 9.17) is 14.2 Å². The predicted molar refractivity (Wildman–Crippen MR) is 135 cm³/mol. The average Bonchev–Trinajstić information content (AvgIpc) is 2.79. The molecule has 0 saturated heterocycles. The number of ether oxygens (including phenoxy) is 3. The van der Waals surface area contributed by atoms with E-state index < -0.39 is 5.97 Å². The molecule has 0 aromatic rings. The molecular formula is C28H58O3. The standard InChI is InChI=1S/C28H58O3/c1-8-15-18-25(12-5)22-29-28(21-11-4,30-23-26(13-6)19-16-9-2)31-24-27(14-7)20-17-10-3/h25-27H,8-24H2,1-7H3. The fraction of sp³-hybridized carbons (Fsp3) is 1.00. The third-order valence-electron chi connectivity index (χ3n) is 6.80. The monoisotopic (exact) mass is 442 g/mol. The summed E-state index contributed by atoms with van der Waals surface area (Å²) in [6.07, 6.45) is 16.5. The summed E-state index contributed by atoms with van der Waals surface area (Å²) < 4.78 is 19.7. The van der Waals surface area contributed by atoms with Crippen LogP contribution in [0.4, 0.5) is 0 Å². The van der Waals surface area contributed by atoms with E-state index in [9.17, 15) is 0 Å². The molecule has 0 radical (unpaired) electrons. The zero-order chi connectivity index (χ0) is 23.4. The Hall–Kier alpha value is -0.120. The molecule has 0 aliphatic carbocycles. The number of rotatable bonds is 23. The van der Waals surface area contributed by atoms with Crippen molar-refractivity contribution in [3.8, 4) is 0 Å². The molecule has 0 aliphatic heterocycles. The minimum atomic E-state index is -0.867. The molecule has 0 spiro atoms. The molecule has 3 nitrogen and oxygen atoms in total. The van der Waals surface area contributed by atoms with E-state index >= 15 is 0 Å². The number of hydrogen-bond acceptors (Lipinski definition) is 3. The van der Waals surface area contributed by atoms with Crippen LogP contribution in [0.15, 0.2) is 0 Å².